The fourth-order valence-corrected chi connectivity index (χ4v) is 3.08. The zero-order valence-corrected chi connectivity index (χ0v) is 12.3. The average molecular weight is 298 g/mol. The van der Waals surface area contributed by atoms with E-state index in [2.05, 4.69) is 29.6 Å². The van der Waals surface area contributed by atoms with Gasteiger partial charge in [0, 0.05) is 19.8 Å². The quantitative estimate of drug-likeness (QED) is 0.885. The summed E-state index contributed by atoms with van der Waals surface area (Å²) in [5.41, 5.74) is 1.18. The molecule has 0 saturated carbocycles. The van der Waals surface area contributed by atoms with E-state index in [-0.39, 0.29) is 11.1 Å². The predicted octanol–water partition coefficient (Wildman–Crippen LogP) is 3.10. The molecule has 21 heavy (non-hydrogen) atoms. The number of rotatable bonds is 3. The molecule has 2 aromatic rings. The van der Waals surface area contributed by atoms with Crippen molar-refractivity contribution in [3.05, 3.63) is 59.1 Å². The number of carbonyl (C=O) groups excluding carboxylic acids is 2. The fraction of sp³-hybridized carbons (Fsp3) is 0.125. The Hall–Kier alpha value is -2.27. The van der Waals surface area contributed by atoms with Gasteiger partial charge in [-0.05, 0) is 28.1 Å². The van der Waals surface area contributed by atoms with Gasteiger partial charge < -0.3 is 4.90 Å². The van der Waals surface area contributed by atoms with Crippen molar-refractivity contribution in [2.24, 2.45) is 0 Å². The third-order valence-corrected chi connectivity index (χ3v) is 4.08. The van der Waals surface area contributed by atoms with E-state index < -0.39 is 0 Å². The topological polar surface area (TPSA) is 49.4 Å². The highest BCUT2D eigenvalue weighted by Gasteiger charge is 2.25. The van der Waals surface area contributed by atoms with Crippen LogP contribution in [0.5, 0.6) is 0 Å². The number of hydrogen-bond donors (Lipinski definition) is 1. The monoisotopic (exact) mass is 298 g/mol. The molecule has 2 aromatic carbocycles. The summed E-state index contributed by atoms with van der Waals surface area (Å²) in [7, 11) is 1.89. The van der Waals surface area contributed by atoms with E-state index >= 15 is 0 Å². The van der Waals surface area contributed by atoms with Gasteiger partial charge >= 0.3 is 0 Å². The lowest BCUT2D eigenvalue weighted by Gasteiger charge is -2.16. The summed E-state index contributed by atoms with van der Waals surface area (Å²) in [6.07, 6.45) is 1.71. The molecule has 0 unspecified atom stereocenters. The minimum absolute atomic E-state index is 0.315. The van der Waals surface area contributed by atoms with E-state index in [1.807, 2.05) is 30.1 Å². The van der Waals surface area contributed by atoms with Gasteiger partial charge in [-0.15, -0.1) is 0 Å². The fourth-order valence-electron chi connectivity index (χ4n) is 2.36. The molecule has 1 aliphatic heterocycles. The van der Waals surface area contributed by atoms with Crippen LogP contribution in [0, 0.1) is 0 Å². The molecule has 0 spiro atoms. The van der Waals surface area contributed by atoms with Crippen LogP contribution in [0.25, 0.3) is 10.8 Å². The summed E-state index contributed by atoms with van der Waals surface area (Å²) in [6.45, 7) is 0.673. The van der Waals surface area contributed by atoms with Crippen LogP contribution in [0.3, 0.4) is 0 Å². The van der Waals surface area contributed by atoms with Gasteiger partial charge in [0.05, 0.1) is 4.91 Å². The smallest absolute Gasteiger partial charge is 0.290 e. The first-order chi connectivity index (χ1) is 10.1. The van der Waals surface area contributed by atoms with Crippen LogP contribution in [0.4, 0.5) is 4.79 Å². The lowest BCUT2D eigenvalue weighted by molar-refractivity contribution is -0.115. The minimum atomic E-state index is -0.324. The average Bonchev–Trinajstić information content (AvgIpc) is 2.77. The second-order valence-electron chi connectivity index (χ2n) is 4.89. The Bertz CT molecular complexity index is 750. The van der Waals surface area contributed by atoms with Crippen molar-refractivity contribution in [2.75, 3.05) is 7.05 Å². The lowest BCUT2D eigenvalue weighted by atomic mass is 10.0. The van der Waals surface area contributed by atoms with E-state index in [1.165, 1.54) is 16.3 Å². The van der Waals surface area contributed by atoms with E-state index in [1.54, 1.807) is 6.20 Å². The summed E-state index contributed by atoms with van der Waals surface area (Å²) in [4.78, 5) is 25.0. The molecule has 5 heteroatoms. The molecule has 0 aliphatic carbocycles. The van der Waals surface area contributed by atoms with Crippen molar-refractivity contribution >= 4 is 33.7 Å². The number of thioether (sulfide) groups is 1. The third kappa shape index (κ3) is 2.92. The first-order valence-electron chi connectivity index (χ1n) is 6.55. The van der Waals surface area contributed by atoms with Crippen molar-refractivity contribution < 1.29 is 9.59 Å². The molecule has 0 aromatic heterocycles. The predicted molar refractivity (Wildman–Crippen MR) is 84.6 cm³/mol. The number of nitrogens with zero attached hydrogens (tertiary/aromatic N) is 1. The summed E-state index contributed by atoms with van der Waals surface area (Å²) < 4.78 is 0. The molecule has 1 heterocycles. The van der Waals surface area contributed by atoms with Crippen molar-refractivity contribution in [1.29, 1.82) is 0 Å². The Balaban J connectivity index is 1.84. The van der Waals surface area contributed by atoms with Gasteiger partial charge in [0.25, 0.3) is 11.1 Å². The number of imide groups is 1. The van der Waals surface area contributed by atoms with E-state index in [0.29, 0.717) is 11.4 Å². The molecule has 0 radical (unpaired) electrons. The zero-order chi connectivity index (χ0) is 14.8. The highest BCUT2D eigenvalue weighted by atomic mass is 32.2. The zero-order valence-electron chi connectivity index (χ0n) is 11.5. The Morgan fingerprint density at radius 1 is 1.14 bits per heavy atom. The second-order valence-corrected chi connectivity index (χ2v) is 5.91. The number of hydrogen-bond acceptors (Lipinski definition) is 4. The highest BCUT2D eigenvalue weighted by molar-refractivity contribution is 8.18. The van der Waals surface area contributed by atoms with Gasteiger partial charge in [-0.1, -0.05) is 42.5 Å². The van der Waals surface area contributed by atoms with E-state index in [9.17, 15) is 9.59 Å². The van der Waals surface area contributed by atoms with Gasteiger partial charge in [0.1, 0.15) is 0 Å². The van der Waals surface area contributed by atoms with Crippen LogP contribution in [0.1, 0.15) is 5.56 Å². The first-order valence-corrected chi connectivity index (χ1v) is 7.37. The number of fused-ring (bicyclic) bond motifs is 1. The van der Waals surface area contributed by atoms with Crippen LogP contribution in [0.15, 0.2) is 53.6 Å². The Kier molecular flexibility index (Phi) is 3.66. The Morgan fingerprint density at radius 3 is 2.67 bits per heavy atom. The summed E-state index contributed by atoms with van der Waals surface area (Å²) in [5, 5.41) is 4.33. The summed E-state index contributed by atoms with van der Waals surface area (Å²) in [6, 6.07) is 14.4. The van der Waals surface area contributed by atoms with Gasteiger partial charge in [-0.25, -0.2) is 0 Å². The maximum atomic E-state index is 11.5. The molecule has 4 nitrogen and oxygen atoms in total. The molecule has 1 saturated heterocycles. The van der Waals surface area contributed by atoms with Crippen molar-refractivity contribution in [2.45, 2.75) is 6.54 Å². The van der Waals surface area contributed by atoms with Crippen molar-refractivity contribution in [3.63, 3.8) is 0 Å². The SMILES string of the molecule is CN(/C=C1\SC(=O)NC1=O)Cc1cccc2ccccc12. The molecule has 0 atom stereocenters. The molecule has 3 rings (SSSR count). The van der Waals surface area contributed by atoms with Crippen LogP contribution < -0.4 is 5.32 Å². The van der Waals surface area contributed by atoms with Gasteiger partial charge in [-0.2, -0.15) is 0 Å². The molecular formula is C16H14N2O2S. The molecular weight excluding hydrogens is 284 g/mol. The minimum Gasteiger partial charge on any atom is -0.375 e. The Morgan fingerprint density at radius 2 is 1.90 bits per heavy atom. The number of amides is 2. The van der Waals surface area contributed by atoms with Crippen molar-refractivity contribution in [1.82, 2.24) is 10.2 Å². The van der Waals surface area contributed by atoms with E-state index in [4.69, 9.17) is 0 Å². The second kappa shape index (κ2) is 5.61. The van der Waals surface area contributed by atoms with Crippen LogP contribution in [0.2, 0.25) is 0 Å². The lowest BCUT2D eigenvalue weighted by Crippen LogP contribution is -2.19. The van der Waals surface area contributed by atoms with Crippen LogP contribution >= 0.6 is 11.8 Å². The van der Waals surface area contributed by atoms with Crippen LogP contribution in [-0.2, 0) is 11.3 Å². The van der Waals surface area contributed by atoms with Crippen LogP contribution in [-0.4, -0.2) is 23.1 Å². The molecule has 2 amide bonds. The first kappa shape index (κ1) is 13.7. The molecule has 106 valence electrons. The summed E-state index contributed by atoms with van der Waals surface area (Å²) >= 11 is 0.936. The normalized spacial score (nSPS) is 16.5. The standard InChI is InChI=1S/C16H14N2O2S/c1-18(10-14-15(19)17-16(20)21-14)9-12-7-4-6-11-5-2-3-8-13(11)12/h2-8,10H,9H2,1H3,(H,17,19,20)/b14-10-. The van der Waals surface area contributed by atoms with Gasteiger partial charge in [-0.3, -0.25) is 14.9 Å². The highest BCUT2D eigenvalue weighted by Crippen LogP contribution is 2.24. The number of nitrogens with one attached hydrogen (secondary N) is 1. The van der Waals surface area contributed by atoms with Crippen molar-refractivity contribution in [3.8, 4) is 0 Å². The van der Waals surface area contributed by atoms with E-state index in [0.717, 1.165) is 11.8 Å². The van der Waals surface area contributed by atoms with Gasteiger partial charge in [0.2, 0.25) is 0 Å². The van der Waals surface area contributed by atoms with Gasteiger partial charge in [0.15, 0.2) is 0 Å². The summed E-state index contributed by atoms with van der Waals surface area (Å²) in [5.74, 6) is -0.324. The molecule has 0 bridgehead atoms. The maximum Gasteiger partial charge on any atom is 0.290 e. The number of benzene rings is 2. The molecule has 1 N–H and O–H groups in total. The maximum absolute atomic E-state index is 11.5. The third-order valence-electron chi connectivity index (χ3n) is 3.28. The number of carbonyl (C=O) groups is 2. The molecule has 1 fully saturated rings. The molecule has 1 aliphatic rings. The largest absolute Gasteiger partial charge is 0.375 e. The Labute approximate surface area is 126 Å².